The van der Waals surface area contributed by atoms with E-state index in [0.717, 1.165) is 4.81 Å². The summed E-state index contributed by atoms with van der Waals surface area (Å²) in [6.45, 7) is 3.75. The lowest BCUT2D eigenvalue weighted by Crippen LogP contribution is -2.53. The quantitative estimate of drug-likeness (QED) is 0.276. The van der Waals surface area contributed by atoms with Gasteiger partial charge in [0.25, 0.3) is 11.8 Å². The first kappa shape index (κ1) is 11.9. The molecular formula is C9H11BN2O2S. The van der Waals surface area contributed by atoms with Crippen molar-refractivity contribution in [1.29, 1.82) is 0 Å². The third kappa shape index (κ3) is 2.09. The van der Waals surface area contributed by atoms with Gasteiger partial charge >= 0.3 is 0 Å². The van der Waals surface area contributed by atoms with E-state index < -0.39 is 11.8 Å². The summed E-state index contributed by atoms with van der Waals surface area (Å²) in [5.41, 5.74) is 0.0728. The smallest absolute Gasteiger partial charge is 0.264 e. The van der Waals surface area contributed by atoms with Gasteiger partial charge < -0.3 is 4.81 Å². The predicted octanol–water partition coefficient (Wildman–Crippen LogP) is 0.238. The average molecular weight is 222 g/mol. The number of thiocarbonyl (C=S) groups is 1. The van der Waals surface area contributed by atoms with Gasteiger partial charge in [0.2, 0.25) is 7.98 Å². The molecule has 0 bridgehead atoms. The van der Waals surface area contributed by atoms with Gasteiger partial charge in [0, 0.05) is 7.05 Å². The topological polar surface area (TPSA) is 40.6 Å². The molecule has 1 heterocycles. The Morgan fingerprint density at radius 2 is 1.87 bits per heavy atom. The van der Waals surface area contributed by atoms with Crippen molar-refractivity contribution in [3.8, 4) is 0 Å². The van der Waals surface area contributed by atoms with Gasteiger partial charge in [-0.25, -0.2) is 0 Å². The molecule has 0 unspecified atom stereocenters. The summed E-state index contributed by atoms with van der Waals surface area (Å²) in [6.07, 6.45) is 1.59. The van der Waals surface area contributed by atoms with Crippen LogP contribution >= 0.6 is 12.2 Å². The van der Waals surface area contributed by atoms with E-state index in [1.165, 1.54) is 11.9 Å². The molecule has 2 amide bonds. The molecule has 2 radical (unpaired) electrons. The summed E-state index contributed by atoms with van der Waals surface area (Å²) in [7, 11) is 6.94. The van der Waals surface area contributed by atoms with Gasteiger partial charge in [0.1, 0.15) is 5.57 Å². The molecule has 0 N–H and O–H groups in total. The lowest BCUT2D eigenvalue weighted by Gasteiger charge is -2.32. The molecule has 0 aromatic carbocycles. The van der Waals surface area contributed by atoms with Crippen LogP contribution in [0, 0.1) is 5.92 Å². The van der Waals surface area contributed by atoms with Crippen molar-refractivity contribution in [1.82, 2.24) is 9.71 Å². The fourth-order valence-corrected chi connectivity index (χ4v) is 1.38. The Bertz CT molecular complexity index is 339. The third-order valence-corrected chi connectivity index (χ3v) is 2.45. The van der Waals surface area contributed by atoms with Crippen molar-refractivity contribution in [2.75, 3.05) is 7.05 Å². The highest BCUT2D eigenvalue weighted by Crippen LogP contribution is 2.15. The Kier molecular flexibility index (Phi) is 3.29. The van der Waals surface area contributed by atoms with Gasteiger partial charge in [0.15, 0.2) is 5.11 Å². The van der Waals surface area contributed by atoms with Crippen molar-refractivity contribution in [2.24, 2.45) is 5.92 Å². The number of allylic oxidation sites excluding steroid dienone is 1. The lowest BCUT2D eigenvalue weighted by molar-refractivity contribution is -0.130. The standard InChI is InChI=1S/C9H11BN2O2S/c1-5(2)4-6-7(13)11(3)9(15)12(10)8(6)14/h4-5H,1-3H3/b6-4-. The molecule has 1 fully saturated rings. The van der Waals surface area contributed by atoms with Gasteiger partial charge in [-0.3, -0.25) is 14.5 Å². The first-order valence-electron chi connectivity index (χ1n) is 4.49. The largest absolute Gasteiger partial charge is 0.342 e. The summed E-state index contributed by atoms with van der Waals surface area (Å²) in [6, 6.07) is 0. The summed E-state index contributed by atoms with van der Waals surface area (Å²) in [5.74, 6) is -0.849. The molecule has 1 saturated heterocycles. The number of hydrogen-bond donors (Lipinski definition) is 0. The lowest BCUT2D eigenvalue weighted by atomic mass is 10.0. The third-order valence-electron chi connectivity index (χ3n) is 1.98. The van der Waals surface area contributed by atoms with Crippen LogP contribution in [0.25, 0.3) is 0 Å². The van der Waals surface area contributed by atoms with E-state index in [0.29, 0.717) is 0 Å². The van der Waals surface area contributed by atoms with E-state index >= 15 is 0 Å². The molecular weight excluding hydrogens is 211 g/mol. The molecule has 1 aliphatic rings. The second-order valence-electron chi connectivity index (χ2n) is 3.65. The Labute approximate surface area is 95.3 Å². The summed E-state index contributed by atoms with van der Waals surface area (Å²) in [5, 5.41) is 0.0194. The maximum absolute atomic E-state index is 11.7. The fourth-order valence-electron chi connectivity index (χ4n) is 1.21. The predicted molar refractivity (Wildman–Crippen MR) is 60.9 cm³/mol. The summed E-state index contributed by atoms with van der Waals surface area (Å²) < 4.78 is 0. The number of amides is 2. The van der Waals surface area contributed by atoms with Gasteiger partial charge in [-0.15, -0.1) is 0 Å². The summed E-state index contributed by atoms with van der Waals surface area (Å²) >= 11 is 4.83. The van der Waals surface area contributed by atoms with Crippen molar-refractivity contribution in [3.05, 3.63) is 11.6 Å². The Balaban J connectivity index is 3.14. The minimum absolute atomic E-state index is 0.0194. The molecule has 6 heteroatoms. The SMILES string of the molecule is [B]N1C(=O)/C(=C\C(C)C)C(=O)N(C)C1=S. The number of carbonyl (C=O) groups is 2. The van der Waals surface area contributed by atoms with Crippen molar-refractivity contribution in [3.63, 3.8) is 0 Å². The van der Waals surface area contributed by atoms with E-state index in [2.05, 4.69) is 0 Å². The minimum atomic E-state index is -0.545. The maximum Gasteiger partial charge on any atom is 0.264 e. The van der Waals surface area contributed by atoms with Crippen LogP contribution in [0.1, 0.15) is 13.8 Å². The van der Waals surface area contributed by atoms with Crippen LogP contribution in [0.5, 0.6) is 0 Å². The zero-order valence-corrected chi connectivity index (χ0v) is 9.67. The second-order valence-corrected chi connectivity index (χ2v) is 4.01. The molecule has 1 rings (SSSR count). The molecule has 0 spiro atoms. The number of nitrogens with zero attached hydrogens (tertiary/aromatic N) is 2. The second kappa shape index (κ2) is 4.14. The molecule has 0 saturated carbocycles. The molecule has 4 nitrogen and oxygen atoms in total. The van der Waals surface area contributed by atoms with Crippen LogP contribution in [-0.4, -0.2) is 41.7 Å². The first-order valence-corrected chi connectivity index (χ1v) is 4.90. The Morgan fingerprint density at radius 3 is 2.33 bits per heavy atom. The molecule has 78 valence electrons. The number of rotatable bonds is 1. The van der Waals surface area contributed by atoms with E-state index in [4.69, 9.17) is 20.2 Å². The van der Waals surface area contributed by atoms with E-state index in [-0.39, 0.29) is 16.6 Å². The molecule has 0 aromatic rings. The van der Waals surface area contributed by atoms with Crippen LogP contribution in [0.2, 0.25) is 0 Å². The van der Waals surface area contributed by atoms with Gasteiger partial charge in [-0.2, -0.15) is 0 Å². The first-order chi connectivity index (χ1) is 6.86. The van der Waals surface area contributed by atoms with E-state index in [9.17, 15) is 9.59 Å². The van der Waals surface area contributed by atoms with Crippen LogP contribution in [0.4, 0.5) is 0 Å². The van der Waals surface area contributed by atoms with Gasteiger partial charge in [0.05, 0.1) is 0 Å². The molecule has 0 aliphatic carbocycles. The minimum Gasteiger partial charge on any atom is -0.342 e. The highest BCUT2D eigenvalue weighted by molar-refractivity contribution is 7.80. The Hall–Kier alpha value is -1.17. The summed E-state index contributed by atoms with van der Waals surface area (Å²) in [4.78, 5) is 25.3. The fraction of sp³-hybridized carbons (Fsp3) is 0.444. The number of carbonyl (C=O) groups excluding carboxylic acids is 2. The van der Waals surface area contributed by atoms with Crippen LogP contribution in [-0.2, 0) is 9.59 Å². The van der Waals surface area contributed by atoms with Gasteiger partial charge in [-0.05, 0) is 18.1 Å². The normalized spacial score (nSPS) is 20.8. The monoisotopic (exact) mass is 222 g/mol. The van der Waals surface area contributed by atoms with Crippen LogP contribution in [0.15, 0.2) is 11.6 Å². The van der Waals surface area contributed by atoms with E-state index in [1.807, 2.05) is 13.8 Å². The number of hydrogen-bond acceptors (Lipinski definition) is 3. The van der Waals surface area contributed by atoms with E-state index in [1.54, 1.807) is 6.08 Å². The molecule has 0 atom stereocenters. The van der Waals surface area contributed by atoms with Crippen molar-refractivity contribution >= 4 is 37.1 Å². The Morgan fingerprint density at radius 1 is 1.33 bits per heavy atom. The maximum atomic E-state index is 11.7. The molecule has 15 heavy (non-hydrogen) atoms. The van der Waals surface area contributed by atoms with Gasteiger partial charge in [-0.1, -0.05) is 19.9 Å². The average Bonchev–Trinajstić information content (AvgIpc) is 2.18. The number of likely N-dealkylation sites (N-methyl/N-ethyl adjacent to an activating group) is 1. The highest BCUT2D eigenvalue weighted by atomic mass is 32.1. The molecule has 1 aliphatic heterocycles. The zero-order valence-electron chi connectivity index (χ0n) is 8.85. The van der Waals surface area contributed by atoms with Crippen molar-refractivity contribution in [2.45, 2.75) is 13.8 Å². The van der Waals surface area contributed by atoms with Crippen molar-refractivity contribution < 1.29 is 9.59 Å². The highest BCUT2D eigenvalue weighted by Gasteiger charge is 2.34. The van der Waals surface area contributed by atoms with Crippen LogP contribution < -0.4 is 0 Å². The van der Waals surface area contributed by atoms with Crippen LogP contribution in [0.3, 0.4) is 0 Å². The molecule has 0 aromatic heterocycles. The zero-order chi connectivity index (χ0) is 11.7.